The van der Waals surface area contributed by atoms with Crippen molar-refractivity contribution in [3.05, 3.63) is 11.1 Å². The van der Waals surface area contributed by atoms with E-state index >= 15 is 0 Å². The van der Waals surface area contributed by atoms with Gasteiger partial charge in [-0.1, -0.05) is 0 Å². The molecule has 1 atom stereocenters. The lowest BCUT2D eigenvalue weighted by Gasteiger charge is -2.35. The van der Waals surface area contributed by atoms with E-state index in [-0.39, 0.29) is 5.54 Å². The first kappa shape index (κ1) is 10.5. The minimum atomic E-state index is 0.178. The van der Waals surface area contributed by atoms with Crippen molar-refractivity contribution in [1.82, 2.24) is 0 Å². The molecule has 0 aliphatic carbocycles. The van der Waals surface area contributed by atoms with E-state index in [9.17, 15) is 4.79 Å². The van der Waals surface area contributed by atoms with Gasteiger partial charge < -0.3 is 4.90 Å². The Morgan fingerprint density at radius 3 is 2.08 bits per heavy atom. The summed E-state index contributed by atoms with van der Waals surface area (Å²) in [5.74, 6) is 0.314. The molecule has 1 heterocycles. The van der Waals surface area contributed by atoms with Gasteiger partial charge in [-0.15, -0.1) is 0 Å². The molecular formula is C11H20NO+. The second kappa shape index (κ2) is 3.26. The zero-order valence-electron chi connectivity index (χ0n) is 9.32. The van der Waals surface area contributed by atoms with E-state index in [0.29, 0.717) is 12.3 Å². The van der Waals surface area contributed by atoms with Crippen LogP contribution in [0.1, 0.15) is 34.6 Å². The van der Waals surface area contributed by atoms with Crippen LogP contribution < -0.4 is 4.90 Å². The van der Waals surface area contributed by atoms with Gasteiger partial charge in [0.15, 0.2) is 0 Å². The van der Waals surface area contributed by atoms with Gasteiger partial charge in [0.2, 0.25) is 5.78 Å². The normalized spacial score (nSPS) is 25.3. The molecule has 1 unspecified atom stereocenters. The Bertz CT molecular complexity index is 258. The van der Waals surface area contributed by atoms with E-state index in [4.69, 9.17) is 0 Å². The van der Waals surface area contributed by atoms with Crippen LogP contribution in [0, 0.1) is 0 Å². The van der Waals surface area contributed by atoms with Crippen LogP contribution in [0.4, 0.5) is 0 Å². The zero-order valence-corrected chi connectivity index (χ0v) is 9.32. The molecule has 1 aliphatic heterocycles. The van der Waals surface area contributed by atoms with Gasteiger partial charge in [0.25, 0.3) is 0 Å². The van der Waals surface area contributed by atoms with Gasteiger partial charge in [-0.3, -0.25) is 4.79 Å². The summed E-state index contributed by atoms with van der Waals surface area (Å²) in [6, 6.07) is 0. The molecule has 1 N–H and O–H groups in total. The number of Topliss-reactive ketones (excluding diaryl/α,β-unsaturated/α-hetero) is 1. The molecule has 0 aromatic rings. The van der Waals surface area contributed by atoms with Gasteiger partial charge in [0.05, 0.1) is 12.1 Å². The third kappa shape index (κ3) is 2.19. The van der Waals surface area contributed by atoms with Crippen LogP contribution in [0.2, 0.25) is 0 Å². The number of quaternary nitrogens is 1. The summed E-state index contributed by atoms with van der Waals surface area (Å²) in [4.78, 5) is 13.0. The Labute approximate surface area is 80.6 Å². The van der Waals surface area contributed by atoms with Crippen molar-refractivity contribution in [3.63, 3.8) is 0 Å². The minimum absolute atomic E-state index is 0.178. The first-order valence-corrected chi connectivity index (χ1v) is 4.87. The second-order valence-corrected chi connectivity index (χ2v) is 5.04. The molecule has 0 saturated carbocycles. The van der Waals surface area contributed by atoms with Gasteiger partial charge in [-0.2, -0.15) is 0 Å². The van der Waals surface area contributed by atoms with Crippen molar-refractivity contribution in [3.8, 4) is 0 Å². The Morgan fingerprint density at radius 2 is 1.69 bits per heavy atom. The fourth-order valence-corrected chi connectivity index (χ4v) is 1.61. The Balaban J connectivity index is 2.86. The lowest BCUT2D eigenvalue weighted by Crippen LogP contribution is -3.20. The SMILES string of the molecule is CC1=C(C)C(=O)C[NH+](C(C)(C)C)C1. The van der Waals surface area contributed by atoms with Gasteiger partial charge >= 0.3 is 0 Å². The lowest BCUT2D eigenvalue weighted by atomic mass is 9.96. The first-order chi connectivity index (χ1) is 5.82. The summed E-state index contributed by atoms with van der Waals surface area (Å²) in [5, 5.41) is 0. The highest BCUT2D eigenvalue weighted by atomic mass is 16.1. The quantitative estimate of drug-likeness (QED) is 0.582. The molecule has 13 heavy (non-hydrogen) atoms. The van der Waals surface area contributed by atoms with Crippen molar-refractivity contribution >= 4 is 5.78 Å². The molecule has 2 heteroatoms. The monoisotopic (exact) mass is 182 g/mol. The molecule has 0 radical (unpaired) electrons. The van der Waals surface area contributed by atoms with Crippen LogP contribution in [0.15, 0.2) is 11.1 Å². The summed E-state index contributed by atoms with van der Waals surface area (Å²) in [5.41, 5.74) is 2.41. The molecular weight excluding hydrogens is 162 g/mol. The standard InChI is InChI=1S/C11H19NO/c1-8-6-12(11(3,4)5)7-10(13)9(8)2/h6-7H2,1-5H3/p+1. The third-order valence-corrected chi connectivity index (χ3v) is 2.97. The average molecular weight is 182 g/mol. The average Bonchev–Trinajstić information content (AvgIpc) is 1.97. The fraction of sp³-hybridized carbons (Fsp3) is 0.727. The fourth-order valence-electron chi connectivity index (χ4n) is 1.61. The Hall–Kier alpha value is -0.630. The topological polar surface area (TPSA) is 21.5 Å². The summed E-state index contributed by atoms with van der Waals surface area (Å²) >= 11 is 0. The van der Waals surface area contributed by atoms with Crippen LogP contribution in [0.3, 0.4) is 0 Å². The number of hydrogen-bond donors (Lipinski definition) is 1. The van der Waals surface area contributed by atoms with Crippen molar-refractivity contribution in [2.75, 3.05) is 13.1 Å². The van der Waals surface area contributed by atoms with Crippen molar-refractivity contribution in [1.29, 1.82) is 0 Å². The molecule has 0 amide bonds. The van der Waals surface area contributed by atoms with Crippen LogP contribution >= 0.6 is 0 Å². The van der Waals surface area contributed by atoms with E-state index in [0.717, 1.165) is 12.1 Å². The molecule has 74 valence electrons. The minimum Gasteiger partial charge on any atom is -0.321 e. The molecule has 1 rings (SSSR count). The van der Waals surface area contributed by atoms with Gasteiger partial charge in [0, 0.05) is 5.57 Å². The number of nitrogens with one attached hydrogen (secondary N) is 1. The maximum absolute atomic E-state index is 11.6. The molecule has 0 spiro atoms. The van der Waals surface area contributed by atoms with Gasteiger partial charge in [-0.25, -0.2) is 0 Å². The maximum Gasteiger partial charge on any atom is 0.212 e. The Kier molecular flexibility index (Phi) is 2.62. The van der Waals surface area contributed by atoms with Crippen LogP contribution in [0.5, 0.6) is 0 Å². The number of ketones is 1. The van der Waals surface area contributed by atoms with E-state index in [1.165, 1.54) is 10.5 Å². The van der Waals surface area contributed by atoms with Crippen molar-refractivity contribution in [2.24, 2.45) is 0 Å². The summed E-state index contributed by atoms with van der Waals surface area (Å²) in [7, 11) is 0. The molecule has 0 bridgehead atoms. The van der Waals surface area contributed by atoms with Gasteiger partial charge in [-0.05, 0) is 40.2 Å². The zero-order chi connectivity index (χ0) is 10.2. The van der Waals surface area contributed by atoms with E-state index < -0.39 is 0 Å². The van der Waals surface area contributed by atoms with E-state index in [2.05, 4.69) is 27.7 Å². The predicted octanol–water partition coefficient (Wildman–Crippen LogP) is 0.589. The molecule has 0 aromatic carbocycles. The molecule has 0 aromatic heterocycles. The molecule has 0 fully saturated rings. The Morgan fingerprint density at radius 1 is 1.15 bits per heavy atom. The van der Waals surface area contributed by atoms with Crippen molar-refractivity contribution in [2.45, 2.75) is 40.2 Å². The van der Waals surface area contributed by atoms with E-state index in [1.54, 1.807) is 0 Å². The first-order valence-electron chi connectivity index (χ1n) is 4.87. The lowest BCUT2D eigenvalue weighted by molar-refractivity contribution is -0.935. The highest BCUT2D eigenvalue weighted by Gasteiger charge is 2.32. The highest BCUT2D eigenvalue weighted by molar-refractivity contribution is 5.96. The van der Waals surface area contributed by atoms with Crippen LogP contribution in [-0.2, 0) is 4.79 Å². The summed E-state index contributed by atoms with van der Waals surface area (Å²) in [6.07, 6.45) is 0. The number of hydrogen-bond acceptors (Lipinski definition) is 1. The smallest absolute Gasteiger partial charge is 0.212 e. The maximum atomic E-state index is 11.6. The van der Waals surface area contributed by atoms with Crippen LogP contribution in [-0.4, -0.2) is 24.4 Å². The van der Waals surface area contributed by atoms with Crippen LogP contribution in [0.25, 0.3) is 0 Å². The largest absolute Gasteiger partial charge is 0.321 e. The summed E-state index contributed by atoms with van der Waals surface area (Å²) in [6.45, 7) is 12.2. The molecule has 1 aliphatic rings. The van der Waals surface area contributed by atoms with Crippen molar-refractivity contribution < 1.29 is 9.69 Å². The number of carbonyl (C=O) groups is 1. The third-order valence-electron chi connectivity index (χ3n) is 2.97. The van der Waals surface area contributed by atoms with E-state index in [1.807, 2.05) is 6.92 Å². The van der Waals surface area contributed by atoms with Gasteiger partial charge in [0.1, 0.15) is 6.54 Å². The number of carbonyl (C=O) groups excluding carboxylic acids is 1. The number of rotatable bonds is 0. The summed E-state index contributed by atoms with van der Waals surface area (Å²) < 4.78 is 0. The second-order valence-electron chi connectivity index (χ2n) is 5.04. The highest BCUT2D eigenvalue weighted by Crippen LogP contribution is 2.07. The molecule has 2 nitrogen and oxygen atoms in total. The molecule has 0 saturated heterocycles. The predicted molar refractivity (Wildman–Crippen MR) is 53.8 cm³/mol.